The highest BCUT2D eigenvalue weighted by molar-refractivity contribution is 7.80. The zero-order chi connectivity index (χ0) is 22.2. The van der Waals surface area contributed by atoms with Gasteiger partial charge in [0, 0.05) is 29.5 Å². The second-order valence-corrected chi connectivity index (χ2v) is 8.51. The minimum Gasteiger partial charge on any atom is -0.351 e. The van der Waals surface area contributed by atoms with E-state index in [1.165, 1.54) is 23.3 Å². The fourth-order valence-corrected chi connectivity index (χ4v) is 4.84. The molecule has 1 saturated heterocycles. The lowest BCUT2D eigenvalue weighted by molar-refractivity contribution is 0.549. The molecule has 4 aromatic rings. The molecule has 2 atom stereocenters. The molecule has 32 heavy (non-hydrogen) atoms. The van der Waals surface area contributed by atoms with E-state index in [9.17, 15) is 4.39 Å². The lowest BCUT2D eigenvalue weighted by atomic mass is 10.00. The van der Waals surface area contributed by atoms with E-state index in [0.29, 0.717) is 5.11 Å². The molecular formula is C26H23FN4S. The fourth-order valence-electron chi connectivity index (χ4n) is 4.50. The Hall–Kier alpha value is -3.51. The van der Waals surface area contributed by atoms with Crippen LogP contribution >= 0.6 is 12.2 Å². The zero-order valence-electron chi connectivity index (χ0n) is 17.9. The van der Waals surface area contributed by atoms with E-state index in [-0.39, 0.29) is 17.9 Å². The smallest absolute Gasteiger partial charge is 0.174 e. The van der Waals surface area contributed by atoms with Crippen molar-refractivity contribution >= 4 is 23.0 Å². The number of aromatic nitrogens is 2. The van der Waals surface area contributed by atoms with E-state index in [1.807, 2.05) is 30.5 Å². The summed E-state index contributed by atoms with van der Waals surface area (Å²) in [4.78, 5) is 6.80. The molecule has 2 aromatic heterocycles. The molecule has 2 aromatic carbocycles. The number of aryl methyl sites for hydroxylation is 2. The predicted octanol–water partition coefficient (Wildman–Crippen LogP) is 5.81. The Bertz CT molecular complexity index is 1250. The highest BCUT2D eigenvalue weighted by Gasteiger charge is 2.42. The molecule has 0 bridgehead atoms. The first-order valence-corrected chi connectivity index (χ1v) is 10.9. The molecule has 1 aliphatic rings. The van der Waals surface area contributed by atoms with E-state index >= 15 is 0 Å². The van der Waals surface area contributed by atoms with Gasteiger partial charge in [-0.05, 0) is 97.9 Å². The van der Waals surface area contributed by atoms with E-state index in [0.717, 1.165) is 22.8 Å². The first kappa shape index (κ1) is 20.4. The van der Waals surface area contributed by atoms with Gasteiger partial charge < -0.3 is 14.8 Å². The summed E-state index contributed by atoms with van der Waals surface area (Å²) in [6, 6.07) is 22.7. The SMILES string of the molecule is Cc1cc(C)cc(N2C(=S)NC(c3ccccn3)C2c2cccn2-c2ccc(F)cc2)c1. The van der Waals surface area contributed by atoms with Crippen molar-refractivity contribution in [3.8, 4) is 5.69 Å². The molecule has 3 heterocycles. The Balaban J connectivity index is 1.68. The van der Waals surface area contributed by atoms with Crippen LogP contribution < -0.4 is 10.2 Å². The maximum absolute atomic E-state index is 13.6. The van der Waals surface area contributed by atoms with Gasteiger partial charge in [0.2, 0.25) is 0 Å². The van der Waals surface area contributed by atoms with Crippen molar-refractivity contribution in [2.24, 2.45) is 0 Å². The average Bonchev–Trinajstić information content (AvgIpc) is 3.38. The lowest BCUT2D eigenvalue weighted by Gasteiger charge is -2.29. The molecule has 0 aliphatic carbocycles. The van der Waals surface area contributed by atoms with Crippen LogP contribution in [0.1, 0.15) is 34.6 Å². The Morgan fingerprint density at radius 3 is 2.34 bits per heavy atom. The third-order valence-corrected chi connectivity index (χ3v) is 6.09. The molecule has 4 nitrogen and oxygen atoms in total. The van der Waals surface area contributed by atoms with Crippen molar-refractivity contribution in [3.63, 3.8) is 0 Å². The summed E-state index contributed by atoms with van der Waals surface area (Å²) in [7, 11) is 0. The lowest BCUT2D eigenvalue weighted by Crippen LogP contribution is -2.30. The number of rotatable bonds is 4. The van der Waals surface area contributed by atoms with Gasteiger partial charge in [0.15, 0.2) is 5.11 Å². The van der Waals surface area contributed by atoms with Crippen molar-refractivity contribution in [3.05, 3.63) is 114 Å². The molecule has 2 unspecified atom stereocenters. The molecule has 1 aliphatic heterocycles. The van der Waals surface area contributed by atoms with Gasteiger partial charge in [-0.25, -0.2) is 4.39 Å². The molecular weight excluding hydrogens is 419 g/mol. The number of nitrogens with zero attached hydrogens (tertiary/aromatic N) is 3. The van der Waals surface area contributed by atoms with Gasteiger partial charge in [-0.1, -0.05) is 12.1 Å². The van der Waals surface area contributed by atoms with Crippen LogP contribution in [0.25, 0.3) is 5.69 Å². The van der Waals surface area contributed by atoms with Gasteiger partial charge in [-0.3, -0.25) is 4.98 Å². The quantitative estimate of drug-likeness (QED) is 0.405. The molecule has 1 N–H and O–H groups in total. The minimum atomic E-state index is -0.255. The molecule has 0 saturated carbocycles. The summed E-state index contributed by atoms with van der Waals surface area (Å²) in [5, 5.41) is 4.16. The third-order valence-electron chi connectivity index (χ3n) is 5.77. The molecule has 5 rings (SSSR count). The van der Waals surface area contributed by atoms with Gasteiger partial charge in [0.25, 0.3) is 0 Å². The van der Waals surface area contributed by atoms with E-state index < -0.39 is 0 Å². The fraction of sp³-hybridized carbons (Fsp3) is 0.154. The maximum atomic E-state index is 13.6. The van der Waals surface area contributed by atoms with Crippen LogP contribution in [0.5, 0.6) is 0 Å². The van der Waals surface area contributed by atoms with Crippen LogP contribution in [0, 0.1) is 19.7 Å². The second-order valence-electron chi connectivity index (χ2n) is 8.12. The number of nitrogens with one attached hydrogen (secondary N) is 1. The maximum Gasteiger partial charge on any atom is 0.174 e. The van der Waals surface area contributed by atoms with Crippen LogP contribution in [-0.4, -0.2) is 14.7 Å². The summed E-state index contributed by atoms with van der Waals surface area (Å²) in [5.74, 6) is -0.255. The first-order valence-electron chi connectivity index (χ1n) is 10.5. The molecule has 6 heteroatoms. The standard InChI is InChI=1S/C26H23FN4S/c1-17-14-18(2)16-21(15-17)31-25(24(29-26(31)32)22-6-3-4-12-28-22)23-7-5-13-30(23)20-10-8-19(27)9-11-20/h3-16,24-25H,1-2H3,(H,29,32). The van der Waals surface area contributed by atoms with E-state index in [4.69, 9.17) is 12.2 Å². The van der Waals surface area contributed by atoms with Crippen molar-refractivity contribution in [2.45, 2.75) is 25.9 Å². The topological polar surface area (TPSA) is 33.1 Å². The normalized spacial score (nSPS) is 18.1. The minimum absolute atomic E-state index is 0.140. The summed E-state index contributed by atoms with van der Waals surface area (Å²) in [6.07, 6.45) is 3.80. The van der Waals surface area contributed by atoms with Gasteiger partial charge >= 0.3 is 0 Å². The van der Waals surface area contributed by atoms with Gasteiger partial charge in [-0.15, -0.1) is 0 Å². The largest absolute Gasteiger partial charge is 0.351 e. The highest BCUT2D eigenvalue weighted by Crippen LogP contribution is 2.42. The Morgan fingerprint density at radius 2 is 1.66 bits per heavy atom. The number of benzene rings is 2. The Kier molecular flexibility index (Phi) is 5.23. The number of thiocarbonyl (C=S) groups is 1. The van der Waals surface area contributed by atoms with Crippen LogP contribution in [0.15, 0.2) is 85.2 Å². The van der Waals surface area contributed by atoms with Gasteiger partial charge in [0.05, 0.1) is 11.7 Å². The molecule has 1 fully saturated rings. The monoisotopic (exact) mass is 442 g/mol. The highest BCUT2D eigenvalue weighted by atomic mass is 32.1. The summed E-state index contributed by atoms with van der Waals surface area (Å²) >= 11 is 5.84. The number of anilines is 1. The average molecular weight is 443 g/mol. The summed E-state index contributed by atoms with van der Waals surface area (Å²) in [5.41, 5.74) is 6.24. The van der Waals surface area contributed by atoms with Crippen LogP contribution in [0.3, 0.4) is 0 Å². The van der Waals surface area contributed by atoms with Crippen molar-refractivity contribution in [2.75, 3.05) is 4.90 Å². The van der Waals surface area contributed by atoms with Gasteiger partial charge in [-0.2, -0.15) is 0 Å². The summed E-state index contributed by atoms with van der Waals surface area (Å²) in [6.45, 7) is 4.19. The number of hydrogen-bond acceptors (Lipinski definition) is 2. The molecule has 0 spiro atoms. The molecule has 160 valence electrons. The molecule has 0 radical (unpaired) electrons. The Morgan fingerprint density at radius 1 is 0.906 bits per heavy atom. The Labute approximate surface area is 192 Å². The first-order chi connectivity index (χ1) is 15.5. The second kappa shape index (κ2) is 8.20. The van der Waals surface area contributed by atoms with Crippen molar-refractivity contribution < 1.29 is 4.39 Å². The third kappa shape index (κ3) is 3.67. The number of hydrogen-bond donors (Lipinski definition) is 1. The summed E-state index contributed by atoms with van der Waals surface area (Å²) < 4.78 is 15.7. The van der Waals surface area contributed by atoms with Crippen LogP contribution in [-0.2, 0) is 0 Å². The van der Waals surface area contributed by atoms with Crippen molar-refractivity contribution in [1.29, 1.82) is 0 Å². The zero-order valence-corrected chi connectivity index (χ0v) is 18.7. The predicted molar refractivity (Wildman–Crippen MR) is 130 cm³/mol. The molecule has 0 amide bonds. The van der Waals surface area contributed by atoms with Crippen LogP contribution in [0.2, 0.25) is 0 Å². The van der Waals surface area contributed by atoms with Crippen molar-refractivity contribution in [1.82, 2.24) is 14.9 Å². The van der Waals surface area contributed by atoms with E-state index in [1.54, 1.807) is 18.3 Å². The number of pyridine rings is 1. The van der Waals surface area contributed by atoms with Gasteiger partial charge in [0.1, 0.15) is 11.9 Å². The van der Waals surface area contributed by atoms with Crippen LogP contribution in [0.4, 0.5) is 10.1 Å². The van der Waals surface area contributed by atoms with E-state index in [2.05, 4.69) is 57.9 Å². The number of halogens is 1.